The fourth-order valence-corrected chi connectivity index (χ4v) is 2.56. The number of nitrogens with two attached hydrogens (primary N) is 1. The summed E-state index contributed by atoms with van der Waals surface area (Å²) in [5, 5.41) is 13.9. The summed E-state index contributed by atoms with van der Waals surface area (Å²) < 4.78 is 10.1. The van der Waals surface area contributed by atoms with Crippen molar-refractivity contribution >= 4 is 24.1 Å². The Bertz CT molecular complexity index is 905. The molecule has 0 aliphatic heterocycles. The molecule has 0 saturated carbocycles. The van der Waals surface area contributed by atoms with Gasteiger partial charge in [0.1, 0.15) is 19.3 Å². The lowest BCUT2D eigenvalue weighted by molar-refractivity contribution is -0.139. The van der Waals surface area contributed by atoms with Crippen LogP contribution >= 0.6 is 0 Å². The zero-order chi connectivity index (χ0) is 23.2. The number of aliphatic imine (C=N–C) groups is 1. The molecule has 0 spiro atoms. The quantitative estimate of drug-likeness (QED) is 0.250. The number of aliphatic carboxylic acids is 1. The van der Waals surface area contributed by atoms with E-state index >= 15 is 0 Å². The first-order valence-corrected chi connectivity index (χ1v) is 9.91. The maximum absolute atomic E-state index is 11.9. The van der Waals surface area contributed by atoms with Gasteiger partial charge in [0.15, 0.2) is 5.96 Å². The minimum atomic E-state index is -1.19. The fourth-order valence-electron chi connectivity index (χ4n) is 2.56. The van der Waals surface area contributed by atoms with Gasteiger partial charge in [0.05, 0.1) is 0 Å². The van der Waals surface area contributed by atoms with E-state index in [1.807, 2.05) is 36.4 Å². The fraction of sp³-hybridized carbons (Fsp3) is 0.273. The van der Waals surface area contributed by atoms with Gasteiger partial charge in [0, 0.05) is 6.54 Å². The van der Waals surface area contributed by atoms with Gasteiger partial charge in [-0.3, -0.25) is 10.3 Å². The molecule has 0 heterocycles. The molecule has 1 atom stereocenters. The third kappa shape index (κ3) is 9.61. The molecule has 0 aliphatic rings. The van der Waals surface area contributed by atoms with Crippen molar-refractivity contribution in [2.75, 3.05) is 6.54 Å². The highest BCUT2D eigenvalue weighted by Gasteiger charge is 2.20. The minimum absolute atomic E-state index is 0.0336. The second-order valence-electron chi connectivity index (χ2n) is 6.69. The lowest BCUT2D eigenvalue weighted by Crippen LogP contribution is -2.41. The van der Waals surface area contributed by atoms with Crippen LogP contribution in [0.15, 0.2) is 65.7 Å². The highest BCUT2D eigenvalue weighted by molar-refractivity contribution is 5.92. The number of carbonyl (C=O) groups excluding carboxylic acids is 2. The van der Waals surface area contributed by atoms with Gasteiger partial charge in [-0.1, -0.05) is 60.7 Å². The van der Waals surface area contributed by atoms with E-state index in [1.165, 1.54) is 0 Å². The van der Waals surface area contributed by atoms with Crippen molar-refractivity contribution in [3.8, 4) is 0 Å². The first-order chi connectivity index (χ1) is 15.4. The molecule has 2 aromatic carbocycles. The smallest absolute Gasteiger partial charge is 0.414 e. The monoisotopic (exact) mass is 442 g/mol. The van der Waals surface area contributed by atoms with Crippen LogP contribution in [0.3, 0.4) is 0 Å². The van der Waals surface area contributed by atoms with E-state index in [1.54, 1.807) is 24.3 Å². The van der Waals surface area contributed by atoms with Gasteiger partial charge in [-0.15, -0.1) is 0 Å². The maximum atomic E-state index is 11.9. The first kappa shape index (κ1) is 24.2. The molecule has 5 N–H and O–H groups in total. The predicted molar refractivity (Wildman–Crippen MR) is 117 cm³/mol. The number of hydrogen-bond acceptors (Lipinski definition) is 6. The van der Waals surface area contributed by atoms with E-state index in [-0.39, 0.29) is 32.1 Å². The van der Waals surface area contributed by atoms with Gasteiger partial charge >= 0.3 is 18.2 Å². The average Bonchev–Trinajstić information content (AvgIpc) is 2.79. The molecule has 0 unspecified atom stereocenters. The molecule has 10 nitrogen and oxygen atoms in total. The normalized spacial score (nSPS) is 11.8. The molecule has 10 heteroatoms. The van der Waals surface area contributed by atoms with E-state index in [2.05, 4.69) is 15.6 Å². The van der Waals surface area contributed by atoms with Gasteiger partial charge in [0.2, 0.25) is 0 Å². The van der Waals surface area contributed by atoms with Crippen molar-refractivity contribution in [2.45, 2.75) is 32.1 Å². The molecule has 0 bridgehead atoms. The number of hydrogen-bond donors (Lipinski definition) is 4. The molecule has 0 radical (unpaired) electrons. The van der Waals surface area contributed by atoms with E-state index in [9.17, 15) is 19.5 Å². The van der Waals surface area contributed by atoms with Gasteiger partial charge < -0.3 is 25.6 Å². The molecule has 2 aromatic rings. The number of carboxylic acid groups (broad SMARTS) is 1. The molecular formula is C22H26N4O6. The molecule has 0 aliphatic carbocycles. The lowest BCUT2D eigenvalue weighted by Gasteiger charge is -2.14. The summed E-state index contributed by atoms with van der Waals surface area (Å²) in [5.41, 5.74) is 7.24. The zero-order valence-electron chi connectivity index (χ0n) is 17.4. The molecule has 170 valence electrons. The number of rotatable bonds is 10. The van der Waals surface area contributed by atoms with Gasteiger partial charge in [-0.2, -0.15) is 0 Å². The largest absolute Gasteiger partial charge is 0.480 e. The Hall–Kier alpha value is -4.08. The number of nitrogens with one attached hydrogen (secondary N) is 2. The summed E-state index contributed by atoms with van der Waals surface area (Å²) >= 11 is 0. The molecule has 0 fully saturated rings. The topological polar surface area (TPSA) is 152 Å². The van der Waals surface area contributed by atoms with E-state index in [0.29, 0.717) is 6.42 Å². The van der Waals surface area contributed by atoms with E-state index in [4.69, 9.17) is 15.2 Å². The minimum Gasteiger partial charge on any atom is -0.480 e. The van der Waals surface area contributed by atoms with Crippen LogP contribution in [0.5, 0.6) is 0 Å². The summed E-state index contributed by atoms with van der Waals surface area (Å²) in [6, 6.07) is 17.0. The Morgan fingerprint density at radius 2 is 1.44 bits per heavy atom. The number of amides is 2. The lowest BCUT2D eigenvalue weighted by atomic mass is 10.1. The number of carbonyl (C=O) groups is 3. The zero-order valence-corrected chi connectivity index (χ0v) is 17.4. The first-order valence-electron chi connectivity index (χ1n) is 9.91. The van der Waals surface area contributed by atoms with E-state index < -0.39 is 24.2 Å². The Labute approximate surface area is 185 Å². The molecule has 32 heavy (non-hydrogen) atoms. The SMILES string of the molecule is NC(=NCCC[C@H](NC(=O)OCc1ccccc1)C(=O)O)NC(=O)OCc1ccccc1. The van der Waals surface area contributed by atoms with Crippen LogP contribution in [0.1, 0.15) is 24.0 Å². The highest BCUT2D eigenvalue weighted by Crippen LogP contribution is 2.03. The highest BCUT2D eigenvalue weighted by atomic mass is 16.6. The Kier molecular flexibility index (Phi) is 10.0. The Morgan fingerprint density at radius 1 is 0.906 bits per heavy atom. The number of ether oxygens (including phenoxy) is 2. The number of benzene rings is 2. The van der Waals surface area contributed by atoms with Gasteiger partial charge in [-0.05, 0) is 24.0 Å². The number of carboxylic acids is 1. The summed E-state index contributed by atoms with van der Waals surface area (Å²) in [6.45, 7) is 0.271. The Balaban J connectivity index is 1.67. The number of nitrogens with zero attached hydrogens (tertiary/aromatic N) is 1. The van der Waals surface area contributed by atoms with Crippen molar-refractivity contribution in [2.24, 2.45) is 10.7 Å². The van der Waals surface area contributed by atoms with Crippen LogP contribution in [0.4, 0.5) is 9.59 Å². The summed E-state index contributed by atoms with van der Waals surface area (Å²) in [5.74, 6) is -1.34. The summed E-state index contributed by atoms with van der Waals surface area (Å²) in [4.78, 5) is 38.9. The molecule has 2 rings (SSSR count). The standard InChI is InChI=1S/C22H26N4O6/c23-20(26-22(30)32-15-17-10-5-2-6-11-17)24-13-7-12-18(19(27)28)25-21(29)31-14-16-8-3-1-4-9-16/h1-6,8-11,18H,7,12-15H2,(H,25,29)(H,27,28)(H3,23,24,26,30)/t18-/m0/s1. The van der Waals surface area contributed by atoms with Crippen LogP contribution in [0.25, 0.3) is 0 Å². The van der Waals surface area contributed by atoms with Gasteiger partial charge in [-0.25, -0.2) is 14.4 Å². The second-order valence-corrected chi connectivity index (χ2v) is 6.69. The molecular weight excluding hydrogens is 416 g/mol. The van der Waals surface area contributed by atoms with Crippen LogP contribution in [-0.2, 0) is 27.5 Å². The third-order valence-corrected chi connectivity index (χ3v) is 4.18. The molecule has 0 aromatic heterocycles. The van der Waals surface area contributed by atoms with Crippen LogP contribution < -0.4 is 16.4 Å². The van der Waals surface area contributed by atoms with Crippen molar-refractivity contribution in [1.29, 1.82) is 0 Å². The number of alkyl carbamates (subject to hydrolysis) is 2. The molecule has 0 saturated heterocycles. The van der Waals surface area contributed by atoms with E-state index in [0.717, 1.165) is 11.1 Å². The maximum Gasteiger partial charge on any atom is 0.414 e. The van der Waals surface area contributed by atoms with Crippen molar-refractivity contribution < 1.29 is 29.0 Å². The summed E-state index contributed by atoms with van der Waals surface area (Å²) in [7, 11) is 0. The van der Waals surface area contributed by atoms with Crippen molar-refractivity contribution in [3.05, 3.63) is 71.8 Å². The van der Waals surface area contributed by atoms with Crippen LogP contribution in [0.2, 0.25) is 0 Å². The van der Waals surface area contributed by atoms with Crippen molar-refractivity contribution in [1.82, 2.24) is 10.6 Å². The van der Waals surface area contributed by atoms with Crippen molar-refractivity contribution in [3.63, 3.8) is 0 Å². The van der Waals surface area contributed by atoms with Gasteiger partial charge in [0.25, 0.3) is 0 Å². The molecule has 2 amide bonds. The second kappa shape index (κ2) is 13.3. The summed E-state index contributed by atoms with van der Waals surface area (Å²) in [6.07, 6.45) is -1.17. The Morgan fingerprint density at radius 3 is 1.97 bits per heavy atom. The van der Waals surface area contributed by atoms with Crippen LogP contribution in [-0.4, -0.2) is 41.8 Å². The number of guanidine groups is 1. The average molecular weight is 442 g/mol. The third-order valence-electron chi connectivity index (χ3n) is 4.18. The van der Waals surface area contributed by atoms with Crippen LogP contribution in [0, 0.1) is 0 Å². The predicted octanol–water partition coefficient (Wildman–Crippen LogP) is 2.39.